The lowest BCUT2D eigenvalue weighted by atomic mass is 9.93. The Morgan fingerprint density at radius 3 is 2.32 bits per heavy atom. The second-order valence-corrected chi connectivity index (χ2v) is 8.25. The highest BCUT2D eigenvalue weighted by atomic mass is 127. The predicted molar refractivity (Wildman–Crippen MR) is 133 cm³/mol. The van der Waals surface area contributed by atoms with Crippen LogP contribution >= 0.6 is 24.0 Å². The van der Waals surface area contributed by atoms with Crippen molar-refractivity contribution in [3.63, 3.8) is 0 Å². The van der Waals surface area contributed by atoms with E-state index in [9.17, 15) is 14.3 Å². The minimum atomic E-state index is -0.566. The number of guanidine groups is 1. The first-order valence-corrected chi connectivity index (χ1v) is 10.5. The van der Waals surface area contributed by atoms with Gasteiger partial charge < -0.3 is 25.8 Å². The van der Waals surface area contributed by atoms with Crippen LogP contribution in [0.1, 0.15) is 65.5 Å². The quantitative estimate of drug-likeness (QED) is 0.211. The summed E-state index contributed by atoms with van der Waals surface area (Å²) in [5.41, 5.74) is -0.0118. The number of hydrogen-bond donors (Lipinski definition) is 4. The highest BCUT2D eigenvalue weighted by Gasteiger charge is 2.30. The average molecular weight is 552 g/mol. The Morgan fingerprint density at radius 1 is 1.16 bits per heavy atom. The van der Waals surface area contributed by atoms with E-state index in [0.717, 1.165) is 5.56 Å². The van der Waals surface area contributed by atoms with Crippen molar-refractivity contribution in [1.29, 1.82) is 0 Å². The molecule has 9 heteroatoms. The van der Waals surface area contributed by atoms with E-state index in [4.69, 9.17) is 4.74 Å². The monoisotopic (exact) mass is 552 g/mol. The SMILES string of the molecule is CCNC(=NCc1ccc(F)c(CO)c1)NCC(CC)(CC)NC(=O)OC(C)(C)C.I. The summed E-state index contributed by atoms with van der Waals surface area (Å²) in [7, 11) is 0. The Labute approximate surface area is 202 Å². The summed E-state index contributed by atoms with van der Waals surface area (Å²) in [6.07, 6.45) is 0.984. The molecule has 1 rings (SSSR count). The van der Waals surface area contributed by atoms with Crippen molar-refractivity contribution in [2.24, 2.45) is 4.99 Å². The van der Waals surface area contributed by atoms with E-state index in [-0.39, 0.29) is 36.1 Å². The Balaban J connectivity index is 0.00000900. The Kier molecular flexibility index (Phi) is 13.0. The lowest BCUT2D eigenvalue weighted by Crippen LogP contribution is -2.57. The van der Waals surface area contributed by atoms with E-state index < -0.39 is 23.1 Å². The maximum Gasteiger partial charge on any atom is 0.408 e. The molecule has 0 aromatic heterocycles. The summed E-state index contributed by atoms with van der Waals surface area (Å²) >= 11 is 0. The second kappa shape index (κ2) is 13.7. The van der Waals surface area contributed by atoms with E-state index in [2.05, 4.69) is 20.9 Å². The molecule has 1 aromatic rings. The zero-order chi connectivity index (χ0) is 22.8. The molecule has 1 amide bonds. The minimum Gasteiger partial charge on any atom is -0.444 e. The Hall–Kier alpha value is -1.62. The number of hydrogen-bond acceptors (Lipinski definition) is 4. The van der Waals surface area contributed by atoms with Gasteiger partial charge in [0.1, 0.15) is 11.4 Å². The number of aliphatic imine (C=N–C) groups is 1. The number of nitrogens with zero attached hydrogens (tertiary/aromatic N) is 1. The lowest BCUT2D eigenvalue weighted by Gasteiger charge is -2.34. The molecule has 0 aliphatic heterocycles. The summed E-state index contributed by atoms with van der Waals surface area (Å²) in [5.74, 6) is 0.156. The number of amides is 1. The lowest BCUT2D eigenvalue weighted by molar-refractivity contribution is 0.0448. The first-order chi connectivity index (χ1) is 14.1. The zero-order valence-electron chi connectivity index (χ0n) is 19.5. The van der Waals surface area contributed by atoms with Gasteiger partial charge in [0, 0.05) is 18.7 Å². The first-order valence-electron chi connectivity index (χ1n) is 10.5. The fourth-order valence-corrected chi connectivity index (χ4v) is 2.85. The van der Waals surface area contributed by atoms with Gasteiger partial charge in [0.05, 0.1) is 18.7 Å². The van der Waals surface area contributed by atoms with Gasteiger partial charge in [-0.15, -0.1) is 24.0 Å². The molecule has 0 unspecified atom stereocenters. The number of aliphatic hydroxyl groups excluding tert-OH is 1. The highest BCUT2D eigenvalue weighted by Crippen LogP contribution is 2.16. The van der Waals surface area contributed by atoms with Gasteiger partial charge in [-0.3, -0.25) is 0 Å². The molecule has 0 aliphatic carbocycles. The molecular formula is C22H38FIN4O3. The number of aliphatic hydroxyl groups is 1. The fraction of sp³-hybridized carbons (Fsp3) is 0.636. The normalized spacial score (nSPS) is 12.1. The molecule has 0 radical (unpaired) electrons. The van der Waals surface area contributed by atoms with Crippen LogP contribution in [0.2, 0.25) is 0 Å². The molecule has 0 heterocycles. The number of ether oxygens (including phenoxy) is 1. The minimum absolute atomic E-state index is 0. The van der Waals surface area contributed by atoms with Crippen LogP contribution < -0.4 is 16.0 Å². The molecule has 0 aliphatic rings. The molecule has 0 atom stereocenters. The fourth-order valence-electron chi connectivity index (χ4n) is 2.85. The van der Waals surface area contributed by atoms with Crippen molar-refractivity contribution in [3.8, 4) is 0 Å². The zero-order valence-corrected chi connectivity index (χ0v) is 21.8. The van der Waals surface area contributed by atoms with Crippen LogP contribution in [0.3, 0.4) is 0 Å². The third kappa shape index (κ3) is 10.5. The highest BCUT2D eigenvalue weighted by molar-refractivity contribution is 14.0. The summed E-state index contributed by atoms with van der Waals surface area (Å²) in [5, 5.41) is 18.7. The van der Waals surface area contributed by atoms with Crippen molar-refractivity contribution in [2.45, 2.75) is 78.7 Å². The predicted octanol–water partition coefficient (Wildman–Crippen LogP) is 4.07. The Bertz CT molecular complexity index is 719. The molecule has 0 saturated carbocycles. The number of rotatable bonds is 9. The van der Waals surface area contributed by atoms with Crippen molar-refractivity contribution in [2.75, 3.05) is 13.1 Å². The number of carbonyl (C=O) groups is 1. The van der Waals surface area contributed by atoms with E-state index in [1.54, 1.807) is 12.1 Å². The summed E-state index contributed by atoms with van der Waals surface area (Å²) in [4.78, 5) is 16.8. The van der Waals surface area contributed by atoms with Crippen LogP contribution in [0.4, 0.5) is 9.18 Å². The molecule has 0 saturated heterocycles. The molecule has 7 nitrogen and oxygen atoms in total. The van der Waals surface area contributed by atoms with E-state index >= 15 is 0 Å². The van der Waals surface area contributed by atoms with Crippen LogP contribution in [-0.2, 0) is 17.9 Å². The van der Waals surface area contributed by atoms with Gasteiger partial charge in [0.15, 0.2) is 5.96 Å². The summed E-state index contributed by atoms with van der Waals surface area (Å²) in [6.45, 7) is 12.6. The maximum absolute atomic E-state index is 13.6. The summed E-state index contributed by atoms with van der Waals surface area (Å²) in [6, 6.07) is 4.59. The van der Waals surface area contributed by atoms with Gasteiger partial charge in [-0.25, -0.2) is 14.2 Å². The van der Waals surface area contributed by atoms with Gasteiger partial charge in [-0.2, -0.15) is 0 Å². The molecule has 1 aromatic carbocycles. The van der Waals surface area contributed by atoms with E-state index in [0.29, 0.717) is 38.4 Å². The van der Waals surface area contributed by atoms with Crippen LogP contribution in [0.5, 0.6) is 0 Å². The molecule has 0 bridgehead atoms. The number of nitrogens with one attached hydrogen (secondary N) is 3. The second-order valence-electron chi connectivity index (χ2n) is 8.25. The maximum atomic E-state index is 13.6. The van der Waals surface area contributed by atoms with Crippen molar-refractivity contribution in [3.05, 3.63) is 35.1 Å². The van der Waals surface area contributed by atoms with Gasteiger partial charge in [-0.05, 0) is 58.2 Å². The van der Waals surface area contributed by atoms with Crippen molar-refractivity contribution < 1.29 is 19.0 Å². The van der Waals surface area contributed by atoms with Crippen molar-refractivity contribution in [1.82, 2.24) is 16.0 Å². The largest absolute Gasteiger partial charge is 0.444 e. The number of halogens is 2. The summed E-state index contributed by atoms with van der Waals surface area (Å²) < 4.78 is 19.0. The third-order valence-electron chi connectivity index (χ3n) is 4.76. The third-order valence-corrected chi connectivity index (χ3v) is 4.76. The molecule has 0 fully saturated rings. The standard InChI is InChI=1S/C22H37FN4O3.HI/c1-7-22(8-2,27-20(29)30-21(4,5)6)15-26-19(24-9-3)25-13-16-10-11-18(23)17(12-16)14-28;/h10-12,28H,7-9,13-15H2,1-6H3,(H,27,29)(H2,24,25,26);1H. The number of benzene rings is 1. The van der Waals surface area contributed by atoms with E-state index in [1.165, 1.54) is 6.07 Å². The average Bonchev–Trinajstić information content (AvgIpc) is 2.68. The molecule has 0 spiro atoms. The van der Waals surface area contributed by atoms with Crippen LogP contribution in [0.25, 0.3) is 0 Å². The van der Waals surface area contributed by atoms with Gasteiger partial charge >= 0.3 is 6.09 Å². The Morgan fingerprint density at radius 2 is 1.81 bits per heavy atom. The van der Waals surface area contributed by atoms with Crippen LogP contribution in [0.15, 0.2) is 23.2 Å². The molecule has 31 heavy (non-hydrogen) atoms. The van der Waals surface area contributed by atoms with Crippen LogP contribution in [0, 0.1) is 5.82 Å². The number of alkyl carbamates (subject to hydrolysis) is 1. The van der Waals surface area contributed by atoms with Crippen molar-refractivity contribution >= 4 is 36.0 Å². The smallest absolute Gasteiger partial charge is 0.408 e. The topological polar surface area (TPSA) is 95.0 Å². The van der Waals surface area contributed by atoms with Gasteiger partial charge in [0.2, 0.25) is 0 Å². The van der Waals surface area contributed by atoms with E-state index in [1.807, 2.05) is 41.5 Å². The molecule has 4 N–H and O–H groups in total. The van der Waals surface area contributed by atoms with Gasteiger partial charge in [-0.1, -0.05) is 19.9 Å². The van der Waals surface area contributed by atoms with Gasteiger partial charge in [0.25, 0.3) is 0 Å². The molecular weight excluding hydrogens is 514 g/mol. The first kappa shape index (κ1) is 29.4. The number of carbonyl (C=O) groups excluding carboxylic acids is 1. The molecule has 178 valence electrons. The van der Waals surface area contributed by atoms with Crippen LogP contribution in [-0.4, -0.2) is 41.4 Å².